The van der Waals surface area contributed by atoms with Gasteiger partial charge >= 0.3 is 0 Å². The molecule has 0 aliphatic heterocycles. The van der Waals surface area contributed by atoms with Crippen LogP contribution in [0.15, 0.2) is 12.1 Å². The molecule has 3 nitrogen and oxygen atoms in total. The molecule has 0 saturated carbocycles. The third kappa shape index (κ3) is 3.08. The minimum Gasteiger partial charge on any atom is -0.495 e. The van der Waals surface area contributed by atoms with E-state index in [1.165, 1.54) is 0 Å². The van der Waals surface area contributed by atoms with Crippen molar-refractivity contribution in [2.24, 2.45) is 0 Å². The van der Waals surface area contributed by atoms with Gasteiger partial charge in [-0.2, -0.15) is 0 Å². The van der Waals surface area contributed by atoms with Gasteiger partial charge in [-0.1, -0.05) is 11.6 Å². The number of halogens is 2. The number of nitrogens with one attached hydrogen (secondary N) is 1. The van der Waals surface area contributed by atoms with E-state index in [2.05, 4.69) is 5.32 Å². The van der Waals surface area contributed by atoms with Crippen molar-refractivity contribution in [2.75, 3.05) is 32.0 Å². The number of methoxy groups -OCH3 is 2. The Hall–Kier alpha value is -0.800. The van der Waals surface area contributed by atoms with Crippen molar-refractivity contribution in [2.45, 2.75) is 0 Å². The lowest BCUT2D eigenvalue weighted by atomic mass is 10.2. The van der Waals surface area contributed by atoms with Crippen LogP contribution in [0.5, 0.6) is 11.5 Å². The average molecular weight is 250 g/mol. The predicted octanol–water partition coefficient (Wildman–Crippen LogP) is 3.01. The van der Waals surface area contributed by atoms with Gasteiger partial charge in [-0.25, -0.2) is 0 Å². The Balaban J connectivity index is 2.99. The van der Waals surface area contributed by atoms with Crippen molar-refractivity contribution >= 4 is 28.9 Å². The van der Waals surface area contributed by atoms with Gasteiger partial charge in [-0.15, -0.1) is 11.6 Å². The van der Waals surface area contributed by atoms with Crippen LogP contribution in [0.25, 0.3) is 0 Å². The van der Waals surface area contributed by atoms with E-state index in [0.717, 1.165) is 5.69 Å². The molecule has 0 saturated heterocycles. The predicted molar refractivity (Wildman–Crippen MR) is 63.8 cm³/mol. The quantitative estimate of drug-likeness (QED) is 0.815. The van der Waals surface area contributed by atoms with Gasteiger partial charge in [0, 0.05) is 24.6 Å². The molecule has 15 heavy (non-hydrogen) atoms. The van der Waals surface area contributed by atoms with Crippen LogP contribution in [0.2, 0.25) is 5.02 Å². The summed E-state index contributed by atoms with van der Waals surface area (Å²) < 4.78 is 10.3. The van der Waals surface area contributed by atoms with Gasteiger partial charge < -0.3 is 14.8 Å². The monoisotopic (exact) mass is 249 g/mol. The molecule has 1 N–H and O–H groups in total. The first-order chi connectivity index (χ1) is 7.22. The van der Waals surface area contributed by atoms with Crippen molar-refractivity contribution in [3.63, 3.8) is 0 Å². The van der Waals surface area contributed by atoms with Crippen LogP contribution in [0.1, 0.15) is 0 Å². The maximum absolute atomic E-state index is 5.96. The van der Waals surface area contributed by atoms with E-state index in [4.69, 9.17) is 32.7 Å². The standard InChI is InChI=1S/C10H13Cl2NO2/c1-14-9-6-8(13-4-3-11)10(15-2)5-7(9)12/h5-6,13H,3-4H2,1-2H3. The van der Waals surface area contributed by atoms with Crippen LogP contribution in [0.4, 0.5) is 5.69 Å². The van der Waals surface area contributed by atoms with Gasteiger partial charge in [0.1, 0.15) is 11.5 Å². The Morgan fingerprint density at radius 3 is 2.40 bits per heavy atom. The summed E-state index contributed by atoms with van der Waals surface area (Å²) in [6, 6.07) is 3.49. The van der Waals surface area contributed by atoms with Crippen LogP contribution in [0.3, 0.4) is 0 Å². The van der Waals surface area contributed by atoms with Crippen molar-refractivity contribution < 1.29 is 9.47 Å². The Morgan fingerprint density at radius 1 is 1.20 bits per heavy atom. The number of rotatable bonds is 5. The maximum Gasteiger partial charge on any atom is 0.143 e. The zero-order valence-electron chi connectivity index (χ0n) is 8.64. The van der Waals surface area contributed by atoms with Crippen LogP contribution in [-0.4, -0.2) is 26.6 Å². The molecule has 0 radical (unpaired) electrons. The first kappa shape index (κ1) is 12.3. The molecule has 0 aliphatic rings. The van der Waals surface area contributed by atoms with E-state index in [0.29, 0.717) is 28.9 Å². The molecule has 0 heterocycles. The maximum atomic E-state index is 5.96. The zero-order valence-corrected chi connectivity index (χ0v) is 10.2. The van der Waals surface area contributed by atoms with E-state index >= 15 is 0 Å². The lowest BCUT2D eigenvalue weighted by Crippen LogP contribution is -2.04. The van der Waals surface area contributed by atoms with Crippen LogP contribution < -0.4 is 14.8 Å². The first-order valence-corrected chi connectivity index (χ1v) is 5.35. The molecule has 1 aromatic rings. The second-order valence-electron chi connectivity index (χ2n) is 2.80. The smallest absolute Gasteiger partial charge is 0.143 e. The highest BCUT2D eigenvalue weighted by Crippen LogP contribution is 2.35. The fourth-order valence-electron chi connectivity index (χ4n) is 1.18. The number of anilines is 1. The van der Waals surface area contributed by atoms with Crippen LogP contribution >= 0.6 is 23.2 Å². The summed E-state index contributed by atoms with van der Waals surface area (Å²) in [5.41, 5.74) is 0.819. The number of alkyl halides is 1. The van der Waals surface area contributed by atoms with Crippen molar-refractivity contribution in [1.29, 1.82) is 0 Å². The molecule has 0 amide bonds. The Kier molecular flexibility index (Phi) is 4.85. The number of hydrogen-bond acceptors (Lipinski definition) is 3. The van der Waals surface area contributed by atoms with E-state index < -0.39 is 0 Å². The minimum absolute atomic E-state index is 0.519. The van der Waals surface area contributed by atoms with Crippen molar-refractivity contribution in [3.8, 4) is 11.5 Å². The summed E-state index contributed by atoms with van der Waals surface area (Å²) in [7, 11) is 3.16. The molecular weight excluding hydrogens is 237 g/mol. The first-order valence-electron chi connectivity index (χ1n) is 4.44. The molecular formula is C10H13Cl2NO2. The molecule has 0 spiro atoms. The van der Waals surface area contributed by atoms with E-state index in [9.17, 15) is 0 Å². The molecule has 0 bridgehead atoms. The molecule has 0 atom stereocenters. The van der Waals surface area contributed by atoms with E-state index in [1.54, 1.807) is 26.4 Å². The summed E-state index contributed by atoms with van der Waals surface area (Å²) in [5.74, 6) is 1.80. The topological polar surface area (TPSA) is 30.5 Å². The minimum atomic E-state index is 0.519. The number of benzene rings is 1. The Morgan fingerprint density at radius 2 is 1.87 bits per heavy atom. The SMILES string of the molecule is COc1cc(NCCCl)c(OC)cc1Cl. The van der Waals surface area contributed by atoms with Crippen LogP contribution in [0, 0.1) is 0 Å². The van der Waals surface area contributed by atoms with Crippen molar-refractivity contribution in [3.05, 3.63) is 17.2 Å². The summed E-state index contributed by atoms with van der Waals surface area (Å²) in [5, 5.41) is 3.64. The second-order valence-corrected chi connectivity index (χ2v) is 3.59. The van der Waals surface area contributed by atoms with Crippen LogP contribution in [-0.2, 0) is 0 Å². The third-order valence-corrected chi connectivity index (χ3v) is 2.37. The van der Waals surface area contributed by atoms with Crippen molar-refractivity contribution in [1.82, 2.24) is 0 Å². The summed E-state index contributed by atoms with van der Waals surface area (Å²) >= 11 is 11.5. The molecule has 0 fully saturated rings. The fraction of sp³-hybridized carbons (Fsp3) is 0.400. The van der Waals surface area contributed by atoms with Gasteiger partial charge in [0.2, 0.25) is 0 Å². The molecule has 1 aromatic carbocycles. The van der Waals surface area contributed by atoms with E-state index in [-0.39, 0.29) is 0 Å². The summed E-state index contributed by atoms with van der Waals surface area (Å²) in [6.45, 7) is 0.655. The molecule has 84 valence electrons. The van der Waals surface area contributed by atoms with Gasteiger partial charge in [-0.05, 0) is 0 Å². The highest BCUT2D eigenvalue weighted by Gasteiger charge is 2.08. The molecule has 5 heteroatoms. The molecule has 0 unspecified atom stereocenters. The Labute approximate surface area is 99.3 Å². The fourth-order valence-corrected chi connectivity index (χ4v) is 1.51. The second kappa shape index (κ2) is 5.93. The third-order valence-electron chi connectivity index (χ3n) is 1.88. The van der Waals surface area contributed by atoms with Gasteiger partial charge in [0.05, 0.1) is 24.9 Å². The zero-order chi connectivity index (χ0) is 11.3. The Bertz CT molecular complexity index is 331. The lowest BCUT2D eigenvalue weighted by molar-refractivity contribution is 0.405. The lowest BCUT2D eigenvalue weighted by Gasteiger charge is -2.12. The summed E-state index contributed by atoms with van der Waals surface area (Å²) in [4.78, 5) is 0. The number of ether oxygens (including phenoxy) is 2. The summed E-state index contributed by atoms with van der Waals surface area (Å²) in [6.07, 6.45) is 0. The molecule has 1 rings (SSSR count). The van der Waals surface area contributed by atoms with Gasteiger partial charge in [0.25, 0.3) is 0 Å². The number of hydrogen-bond donors (Lipinski definition) is 1. The van der Waals surface area contributed by atoms with Gasteiger partial charge in [-0.3, -0.25) is 0 Å². The average Bonchev–Trinajstić information content (AvgIpc) is 2.26. The molecule has 0 aromatic heterocycles. The van der Waals surface area contributed by atoms with E-state index in [1.807, 2.05) is 0 Å². The molecule has 0 aliphatic carbocycles. The van der Waals surface area contributed by atoms with Gasteiger partial charge in [0.15, 0.2) is 0 Å². The largest absolute Gasteiger partial charge is 0.495 e. The highest BCUT2D eigenvalue weighted by molar-refractivity contribution is 6.32. The normalized spacial score (nSPS) is 9.87. The highest BCUT2D eigenvalue weighted by atomic mass is 35.5.